The number of nitrogens with one attached hydrogen (secondary N) is 3. The summed E-state index contributed by atoms with van der Waals surface area (Å²) in [6, 6.07) is 8.61. The predicted molar refractivity (Wildman–Crippen MR) is 153 cm³/mol. The Kier molecular flexibility index (Phi) is 5.99. The Hall–Kier alpha value is -3.99. The molecule has 2 aliphatic carbocycles. The van der Waals surface area contributed by atoms with Crippen molar-refractivity contribution in [2.45, 2.75) is 57.2 Å². The second-order valence-corrected chi connectivity index (χ2v) is 11.6. The van der Waals surface area contributed by atoms with Crippen molar-refractivity contribution in [2.24, 2.45) is 5.92 Å². The third-order valence-electron chi connectivity index (χ3n) is 8.46. The summed E-state index contributed by atoms with van der Waals surface area (Å²) in [6.45, 7) is 4.21. The van der Waals surface area contributed by atoms with Gasteiger partial charge in [-0.1, -0.05) is 19.1 Å². The van der Waals surface area contributed by atoms with Gasteiger partial charge in [-0.15, -0.1) is 10.2 Å². The van der Waals surface area contributed by atoms with Crippen molar-refractivity contribution in [3.63, 3.8) is 0 Å². The molecule has 3 N–H and O–H groups in total. The third kappa shape index (κ3) is 4.38. The molecular weight excluding hydrogens is 506 g/mol. The van der Waals surface area contributed by atoms with Crippen LogP contribution in [0.3, 0.4) is 0 Å². The Balaban J connectivity index is 1.27. The number of hydrogen-bond donors (Lipinski definition) is 3. The molecule has 208 valence electrons. The van der Waals surface area contributed by atoms with E-state index in [1.165, 1.54) is 5.69 Å². The lowest BCUT2D eigenvalue weighted by molar-refractivity contribution is -0.117. The molecule has 2 saturated carbocycles. The highest BCUT2D eigenvalue weighted by molar-refractivity contribution is 6.01. The van der Waals surface area contributed by atoms with Crippen molar-refractivity contribution >= 4 is 34.7 Å². The van der Waals surface area contributed by atoms with E-state index in [-0.39, 0.29) is 35.5 Å². The van der Waals surface area contributed by atoms with E-state index in [1.807, 2.05) is 18.3 Å². The summed E-state index contributed by atoms with van der Waals surface area (Å²) in [7, 11) is 4.26. The van der Waals surface area contributed by atoms with Gasteiger partial charge in [0.25, 0.3) is 5.91 Å². The zero-order valence-electron chi connectivity index (χ0n) is 23.1. The molecule has 3 aromatic rings. The van der Waals surface area contributed by atoms with Gasteiger partial charge in [-0.25, -0.2) is 0 Å². The first-order chi connectivity index (χ1) is 19.4. The van der Waals surface area contributed by atoms with Crippen LogP contribution in [-0.2, 0) is 4.79 Å². The molecule has 1 aromatic carbocycles. The number of amides is 2. The van der Waals surface area contributed by atoms with Crippen LogP contribution >= 0.6 is 0 Å². The SMILES string of the molecule is CCC1c2c(cnn2C2CN(C)C2)-c2cccc(Nc3cc(NC(=O)C4CC4)nnc3C(=O)NC3CC3)c2N1C. The lowest BCUT2D eigenvalue weighted by Crippen LogP contribution is -2.46. The van der Waals surface area contributed by atoms with Crippen LogP contribution in [0.25, 0.3) is 11.1 Å². The number of rotatable bonds is 8. The Labute approximate surface area is 233 Å². The van der Waals surface area contributed by atoms with Gasteiger partial charge in [0.15, 0.2) is 11.5 Å². The minimum atomic E-state index is -0.267. The maximum atomic E-state index is 13.1. The molecule has 4 heterocycles. The Morgan fingerprint density at radius 1 is 1.02 bits per heavy atom. The van der Waals surface area contributed by atoms with Crippen molar-refractivity contribution in [2.75, 3.05) is 42.7 Å². The van der Waals surface area contributed by atoms with Crippen LogP contribution in [0.2, 0.25) is 0 Å². The van der Waals surface area contributed by atoms with Crippen LogP contribution in [0.1, 0.15) is 67.3 Å². The standard InChI is InChI=1S/C29H35N9O2/c1-4-23-27-20(13-30-38(27)18-14-36(2)15-18)19-6-5-7-21(26(19)37(23)3)32-22-12-24(33-28(39)16-8-9-16)34-35-25(22)29(40)31-17-10-11-17/h5-7,12-13,16-18,23H,4,8-11,14-15H2,1-3H3,(H,31,40)(H2,32,33,34,39). The van der Waals surface area contributed by atoms with E-state index in [0.29, 0.717) is 17.5 Å². The molecule has 2 aromatic heterocycles. The molecule has 2 aliphatic heterocycles. The van der Waals surface area contributed by atoms with Gasteiger partial charge in [-0.05, 0) is 45.2 Å². The van der Waals surface area contributed by atoms with Gasteiger partial charge >= 0.3 is 0 Å². The molecule has 7 rings (SSSR count). The van der Waals surface area contributed by atoms with E-state index in [1.54, 1.807) is 6.07 Å². The summed E-state index contributed by atoms with van der Waals surface area (Å²) in [4.78, 5) is 30.2. The largest absolute Gasteiger partial charge is 0.364 e. The smallest absolute Gasteiger partial charge is 0.274 e. The average molecular weight is 542 g/mol. The highest BCUT2D eigenvalue weighted by atomic mass is 16.2. The van der Waals surface area contributed by atoms with Crippen LogP contribution in [-0.4, -0.2) is 69.9 Å². The summed E-state index contributed by atoms with van der Waals surface area (Å²) in [5, 5.41) is 22.7. The lowest BCUT2D eigenvalue weighted by atomic mass is 9.91. The van der Waals surface area contributed by atoms with E-state index in [2.05, 4.69) is 67.7 Å². The molecule has 11 nitrogen and oxygen atoms in total. The maximum Gasteiger partial charge on any atom is 0.274 e. The maximum absolute atomic E-state index is 13.1. The van der Waals surface area contributed by atoms with Gasteiger partial charge < -0.3 is 25.8 Å². The van der Waals surface area contributed by atoms with Crippen molar-refractivity contribution in [1.82, 2.24) is 30.2 Å². The van der Waals surface area contributed by atoms with Crippen molar-refractivity contribution < 1.29 is 9.59 Å². The lowest BCUT2D eigenvalue weighted by Gasteiger charge is -2.41. The molecule has 0 spiro atoms. The summed E-state index contributed by atoms with van der Waals surface area (Å²) in [6.07, 6.45) is 6.65. The number of fused-ring (bicyclic) bond motifs is 3. The van der Waals surface area contributed by atoms with E-state index < -0.39 is 0 Å². The predicted octanol–water partition coefficient (Wildman–Crippen LogP) is 3.71. The number of benzene rings is 1. The number of carbonyl (C=O) groups excluding carboxylic acids is 2. The number of likely N-dealkylation sites (tertiary alicyclic amines) is 1. The highest BCUT2D eigenvalue weighted by Gasteiger charge is 2.37. The third-order valence-corrected chi connectivity index (χ3v) is 8.46. The molecule has 2 amide bonds. The van der Waals surface area contributed by atoms with E-state index >= 15 is 0 Å². The fourth-order valence-corrected chi connectivity index (χ4v) is 5.99. The molecule has 4 aliphatic rings. The number of anilines is 4. The first-order valence-corrected chi connectivity index (χ1v) is 14.3. The number of nitrogens with zero attached hydrogens (tertiary/aromatic N) is 6. The number of hydrogen-bond acceptors (Lipinski definition) is 8. The average Bonchev–Trinajstić information content (AvgIpc) is 3.86. The molecule has 1 saturated heterocycles. The van der Waals surface area contributed by atoms with E-state index in [4.69, 9.17) is 5.10 Å². The van der Waals surface area contributed by atoms with Crippen LogP contribution in [0, 0.1) is 5.92 Å². The van der Waals surface area contributed by atoms with Gasteiger partial charge in [0, 0.05) is 49.3 Å². The summed E-state index contributed by atoms with van der Waals surface area (Å²) in [5.41, 5.74) is 6.12. The van der Waals surface area contributed by atoms with Crippen LogP contribution in [0.5, 0.6) is 0 Å². The fourth-order valence-electron chi connectivity index (χ4n) is 5.99. The first kappa shape index (κ1) is 25.0. The van der Waals surface area contributed by atoms with Crippen LogP contribution in [0.15, 0.2) is 30.5 Å². The minimum absolute atomic E-state index is 0.0345. The van der Waals surface area contributed by atoms with E-state index in [9.17, 15) is 9.59 Å². The van der Waals surface area contributed by atoms with Gasteiger partial charge in [0.1, 0.15) is 0 Å². The fraction of sp³-hybridized carbons (Fsp3) is 0.483. The number of para-hydroxylation sites is 1. The Morgan fingerprint density at radius 3 is 2.52 bits per heavy atom. The van der Waals surface area contributed by atoms with Crippen LogP contribution < -0.4 is 20.9 Å². The molecule has 0 bridgehead atoms. The first-order valence-electron chi connectivity index (χ1n) is 14.3. The molecular formula is C29H35N9O2. The topological polar surface area (TPSA) is 120 Å². The van der Waals surface area contributed by atoms with Crippen molar-refractivity contribution in [3.05, 3.63) is 41.9 Å². The zero-order chi connectivity index (χ0) is 27.5. The van der Waals surface area contributed by atoms with Crippen molar-refractivity contribution in [3.8, 4) is 11.1 Å². The molecule has 1 unspecified atom stereocenters. The van der Waals surface area contributed by atoms with E-state index in [0.717, 1.165) is 67.7 Å². The highest BCUT2D eigenvalue weighted by Crippen LogP contribution is 2.50. The molecule has 1 atom stereocenters. The Bertz CT molecular complexity index is 1490. The molecule has 40 heavy (non-hydrogen) atoms. The second-order valence-electron chi connectivity index (χ2n) is 11.6. The molecule has 11 heteroatoms. The molecule has 3 fully saturated rings. The summed E-state index contributed by atoms with van der Waals surface area (Å²) in [5.74, 6) is 0.0460. The number of carbonyl (C=O) groups is 2. The van der Waals surface area contributed by atoms with Gasteiger partial charge in [0.05, 0.1) is 41.0 Å². The number of aromatic nitrogens is 4. The van der Waals surface area contributed by atoms with Crippen LogP contribution in [0.4, 0.5) is 22.9 Å². The zero-order valence-corrected chi connectivity index (χ0v) is 23.1. The Morgan fingerprint density at radius 2 is 1.82 bits per heavy atom. The summed E-state index contributed by atoms with van der Waals surface area (Å²) < 4.78 is 2.23. The second kappa shape index (κ2) is 9.58. The summed E-state index contributed by atoms with van der Waals surface area (Å²) >= 11 is 0. The van der Waals surface area contributed by atoms with Gasteiger partial charge in [0.2, 0.25) is 5.91 Å². The normalized spacial score (nSPS) is 20.4. The minimum Gasteiger partial charge on any atom is -0.364 e. The quantitative estimate of drug-likeness (QED) is 0.395. The monoisotopic (exact) mass is 541 g/mol. The van der Waals surface area contributed by atoms with Gasteiger partial charge in [-0.3, -0.25) is 14.3 Å². The van der Waals surface area contributed by atoms with Gasteiger partial charge in [-0.2, -0.15) is 5.10 Å². The molecule has 0 radical (unpaired) electrons. The number of likely N-dealkylation sites (N-methyl/N-ethyl adjacent to an activating group) is 1. The van der Waals surface area contributed by atoms with Crippen molar-refractivity contribution in [1.29, 1.82) is 0 Å².